The van der Waals surface area contributed by atoms with Crippen molar-refractivity contribution in [1.29, 1.82) is 0 Å². The van der Waals surface area contributed by atoms with Crippen molar-refractivity contribution in [3.05, 3.63) is 11.9 Å². The van der Waals surface area contributed by atoms with Crippen molar-refractivity contribution < 1.29 is 9.53 Å². The summed E-state index contributed by atoms with van der Waals surface area (Å²) in [7, 11) is 1.59. The van der Waals surface area contributed by atoms with Crippen molar-refractivity contribution in [2.45, 2.75) is 13.3 Å². The van der Waals surface area contributed by atoms with Gasteiger partial charge in [0.2, 0.25) is 5.91 Å². The van der Waals surface area contributed by atoms with Crippen molar-refractivity contribution in [3.8, 4) is 0 Å². The van der Waals surface area contributed by atoms with Crippen LogP contribution in [0.3, 0.4) is 0 Å². The van der Waals surface area contributed by atoms with E-state index in [9.17, 15) is 4.79 Å². The number of anilines is 2. The number of nitrogens with one attached hydrogen (secondary N) is 2. The molecule has 100 valence electrons. The molecule has 0 aliphatic carbocycles. The molecule has 0 radical (unpaired) electrons. The first-order valence-electron chi connectivity index (χ1n) is 5.71. The summed E-state index contributed by atoms with van der Waals surface area (Å²) in [5.74, 6) is 1.07. The number of nitrogen functional groups attached to an aromatic ring is 1. The number of rotatable bonds is 7. The average Bonchev–Trinajstić information content (AvgIpc) is 2.35. The summed E-state index contributed by atoms with van der Waals surface area (Å²) in [4.78, 5) is 19.3. The molecule has 0 saturated carbocycles. The van der Waals surface area contributed by atoms with Crippen LogP contribution in [0, 0.1) is 6.92 Å². The summed E-state index contributed by atoms with van der Waals surface area (Å²) in [6.07, 6.45) is 1.76. The summed E-state index contributed by atoms with van der Waals surface area (Å²) in [6.45, 7) is 3.36. The lowest BCUT2D eigenvalue weighted by molar-refractivity contribution is -0.121. The SMILES string of the molecule is COCCNC(=O)CCNc1ncnc(N)c1C. The van der Waals surface area contributed by atoms with Crippen LogP contribution in [0.2, 0.25) is 0 Å². The maximum atomic E-state index is 11.4. The largest absolute Gasteiger partial charge is 0.383 e. The molecule has 0 bridgehead atoms. The minimum atomic E-state index is -0.0285. The van der Waals surface area contributed by atoms with Gasteiger partial charge in [0.05, 0.1) is 6.61 Å². The van der Waals surface area contributed by atoms with E-state index in [4.69, 9.17) is 10.5 Å². The second-order valence-corrected chi connectivity index (χ2v) is 3.75. The van der Waals surface area contributed by atoms with Crippen molar-refractivity contribution in [3.63, 3.8) is 0 Å². The smallest absolute Gasteiger partial charge is 0.221 e. The fourth-order valence-electron chi connectivity index (χ4n) is 1.32. The van der Waals surface area contributed by atoms with Crippen LogP contribution in [0.5, 0.6) is 0 Å². The van der Waals surface area contributed by atoms with Gasteiger partial charge in [-0.2, -0.15) is 0 Å². The number of carbonyl (C=O) groups excluding carboxylic acids is 1. The van der Waals surface area contributed by atoms with E-state index >= 15 is 0 Å². The topological polar surface area (TPSA) is 102 Å². The van der Waals surface area contributed by atoms with E-state index in [-0.39, 0.29) is 5.91 Å². The third-order valence-electron chi connectivity index (χ3n) is 2.40. The molecule has 4 N–H and O–H groups in total. The van der Waals surface area contributed by atoms with Crippen molar-refractivity contribution in [2.24, 2.45) is 0 Å². The van der Waals surface area contributed by atoms with Crippen LogP contribution < -0.4 is 16.4 Å². The number of amides is 1. The van der Waals surface area contributed by atoms with E-state index in [1.54, 1.807) is 7.11 Å². The van der Waals surface area contributed by atoms with Gasteiger partial charge < -0.3 is 21.1 Å². The highest BCUT2D eigenvalue weighted by molar-refractivity contribution is 5.76. The van der Waals surface area contributed by atoms with Gasteiger partial charge >= 0.3 is 0 Å². The third kappa shape index (κ3) is 4.54. The lowest BCUT2D eigenvalue weighted by atomic mass is 10.3. The first-order chi connectivity index (χ1) is 8.65. The molecule has 7 heteroatoms. The predicted molar refractivity (Wildman–Crippen MR) is 69.2 cm³/mol. The Balaban J connectivity index is 2.29. The highest BCUT2D eigenvalue weighted by atomic mass is 16.5. The Kier molecular flexibility index (Phi) is 5.86. The highest BCUT2D eigenvalue weighted by Gasteiger charge is 2.04. The highest BCUT2D eigenvalue weighted by Crippen LogP contribution is 2.14. The van der Waals surface area contributed by atoms with Gasteiger partial charge in [-0.15, -0.1) is 0 Å². The molecule has 7 nitrogen and oxygen atoms in total. The van der Waals surface area contributed by atoms with Crippen molar-refractivity contribution in [1.82, 2.24) is 15.3 Å². The predicted octanol–water partition coefficient (Wildman–Crippen LogP) is -0.0682. The van der Waals surface area contributed by atoms with Crippen LogP contribution in [0.4, 0.5) is 11.6 Å². The molecule has 1 aromatic heterocycles. The second-order valence-electron chi connectivity index (χ2n) is 3.75. The maximum Gasteiger partial charge on any atom is 0.221 e. The van der Waals surface area contributed by atoms with Gasteiger partial charge in [0.15, 0.2) is 0 Å². The Morgan fingerprint density at radius 3 is 2.94 bits per heavy atom. The molecule has 1 rings (SSSR count). The molecule has 0 unspecified atom stereocenters. The van der Waals surface area contributed by atoms with Gasteiger partial charge in [0.25, 0.3) is 0 Å². The van der Waals surface area contributed by atoms with Crippen LogP contribution in [0.25, 0.3) is 0 Å². The van der Waals surface area contributed by atoms with Crippen LogP contribution in [0.1, 0.15) is 12.0 Å². The number of methoxy groups -OCH3 is 1. The number of aromatic nitrogens is 2. The molecule has 1 aromatic rings. The summed E-state index contributed by atoms with van der Waals surface area (Å²) in [5.41, 5.74) is 6.44. The van der Waals surface area contributed by atoms with Gasteiger partial charge in [-0.05, 0) is 6.92 Å². The lowest BCUT2D eigenvalue weighted by Gasteiger charge is -2.09. The van der Waals surface area contributed by atoms with E-state index < -0.39 is 0 Å². The van der Waals surface area contributed by atoms with Crippen molar-refractivity contribution >= 4 is 17.5 Å². The van der Waals surface area contributed by atoms with Crippen LogP contribution in [-0.4, -0.2) is 42.7 Å². The van der Waals surface area contributed by atoms with Gasteiger partial charge in [0.1, 0.15) is 18.0 Å². The normalized spacial score (nSPS) is 10.1. The van der Waals surface area contributed by atoms with Crippen molar-refractivity contribution in [2.75, 3.05) is 37.9 Å². The molecular formula is C11H19N5O2. The Bertz CT molecular complexity index is 397. The minimum Gasteiger partial charge on any atom is -0.383 e. The number of hydrogen-bond donors (Lipinski definition) is 3. The molecule has 1 heterocycles. The zero-order valence-corrected chi connectivity index (χ0v) is 10.7. The Morgan fingerprint density at radius 1 is 1.44 bits per heavy atom. The minimum absolute atomic E-state index is 0.0285. The zero-order chi connectivity index (χ0) is 13.4. The molecule has 0 saturated heterocycles. The van der Waals surface area contributed by atoms with E-state index in [1.807, 2.05) is 6.92 Å². The summed E-state index contributed by atoms with van der Waals surface area (Å²) in [5, 5.41) is 5.79. The lowest BCUT2D eigenvalue weighted by Crippen LogP contribution is -2.28. The fourth-order valence-corrected chi connectivity index (χ4v) is 1.32. The molecule has 0 fully saturated rings. The van der Waals surface area contributed by atoms with Crippen LogP contribution in [-0.2, 0) is 9.53 Å². The molecule has 18 heavy (non-hydrogen) atoms. The molecule has 0 aliphatic rings. The van der Waals surface area contributed by atoms with E-state index in [0.29, 0.717) is 37.8 Å². The fraction of sp³-hybridized carbons (Fsp3) is 0.545. The van der Waals surface area contributed by atoms with Gasteiger partial charge in [0, 0.05) is 32.2 Å². The van der Waals surface area contributed by atoms with Crippen LogP contribution >= 0.6 is 0 Å². The van der Waals surface area contributed by atoms with E-state index in [1.165, 1.54) is 6.33 Å². The van der Waals surface area contributed by atoms with Crippen LogP contribution in [0.15, 0.2) is 6.33 Å². The molecule has 1 amide bonds. The molecular weight excluding hydrogens is 234 g/mol. The quantitative estimate of drug-likeness (QED) is 0.588. The first kappa shape index (κ1) is 14.2. The number of nitrogens with zero attached hydrogens (tertiary/aromatic N) is 2. The number of ether oxygens (including phenoxy) is 1. The molecule has 0 spiro atoms. The van der Waals surface area contributed by atoms with Gasteiger partial charge in [-0.25, -0.2) is 9.97 Å². The number of nitrogens with two attached hydrogens (primary N) is 1. The Labute approximate surface area is 106 Å². The summed E-state index contributed by atoms with van der Waals surface area (Å²) >= 11 is 0. The molecule has 0 aliphatic heterocycles. The monoisotopic (exact) mass is 253 g/mol. The summed E-state index contributed by atoms with van der Waals surface area (Å²) < 4.78 is 4.83. The Morgan fingerprint density at radius 2 is 2.22 bits per heavy atom. The first-order valence-corrected chi connectivity index (χ1v) is 5.71. The maximum absolute atomic E-state index is 11.4. The number of carbonyl (C=O) groups is 1. The van der Waals surface area contributed by atoms with Gasteiger partial charge in [-0.1, -0.05) is 0 Å². The molecule has 0 aromatic carbocycles. The van der Waals surface area contributed by atoms with E-state index in [0.717, 1.165) is 5.56 Å². The van der Waals surface area contributed by atoms with E-state index in [2.05, 4.69) is 20.6 Å². The second kappa shape index (κ2) is 7.44. The van der Waals surface area contributed by atoms with Gasteiger partial charge in [-0.3, -0.25) is 4.79 Å². The zero-order valence-electron chi connectivity index (χ0n) is 10.7. The standard InChI is InChI=1S/C11H19N5O2/c1-8-10(12)15-7-16-11(8)14-4-3-9(17)13-5-6-18-2/h7H,3-6H2,1-2H3,(H,13,17)(H3,12,14,15,16). The number of hydrogen-bond acceptors (Lipinski definition) is 6. The summed E-state index contributed by atoms with van der Waals surface area (Å²) in [6, 6.07) is 0. The average molecular weight is 253 g/mol. The Hall–Kier alpha value is -1.89. The molecule has 0 atom stereocenters. The third-order valence-corrected chi connectivity index (χ3v) is 2.40.